The summed E-state index contributed by atoms with van der Waals surface area (Å²) in [7, 11) is 0. The zero-order chi connectivity index (χ0) is 17.7. The molecule has 24 heavy (non-hydrogen) atoms. The molecule has 4 nitrogen and oxygen atoms in total. The van der Waals surface area contributed by atoms with Gasteiger partial charge in [0.05, 0.1) is 6.42 Å². The molecule has 126 valence electrons. The Hall–Kier alpha value is -2.69. The lowest BCUT2D eigenvalue weighted by Crippen LogP contribution is -2.46. The number of hydrogen-bond acceptors (Lipinski definition) is 2. The van der Waals surface area contributed by atoms with E-state index in [-0.39, 0.29) is 18.1 Å². The van der Waals surface area contributed by atoms with Gasteiger partial charge in [-0.05, 0) is 42.7 Å². The standard InChI is InChI=1S/C19H20FNO3/c1-3-16(19(23)24)21(17-7-5-4-6-13(17)2)18(22)12-14-8-10-15(20)11-9-14/h4-11,16H,3,12H2,1-2H3,(H,23,24). The first-order valence-electron chi connectivity index (χ1n) is 7.79. The molecular formula is C19H20FNO3. The van der Waals surface area contributed by atoms with Gasteiger partial charge in [-0.3, -0.25) is 9.69 Å². The zero-order valence-corrected chi connectivity index (χ0v) is 13.7. The second-order valence-electron chi connectivity index (χ2n) is 5.62. The van der Waals surface area contributed by atoms with Crippen LogP contribution in [0.25, 0.3) is 0 Å². The molecule has 0 bridgehead atoms. The second-order valence-corrected chi connectivity index (χ2v) is 5.62. The lowest BCUT2D eigenvalue weighted by molar-refractivity contribution is -0.140. The Bertz CT molecular complexity index is 728. The Kier molecular flexibility index (Phi) is 5.68. The Labute approximate surface area is 140 Å². The van der Waals surface area contributed by atoms with Gasteiger partial charge < -0.3 is 5.11 Å². The van der Waals surface area contributed by atoms with E-state index in [0.29, 0.717) is 17.7 Å². The van der Waals surface area contributed by atoms with Gasteiger partial charge in [-0.2, -0.15) is 0 Å². The van der Waals surface area contributed by atoms with Gasteiger partial charge in [-0.1, -0.05) is 37.3 Å². The maximum absolute atomic E-state index is 13.0. The van der Waals surface area contributed by atoms with E-state index < -0.39 is 12.0 Å². The van der Waals surface area contributed by atoms with E-state index in [1.165, 1.54) is 29.2 Å². The highest BCUT2D eigenvalue weighted by Crippen LogP contribution is 2.24. The number of carboxylic acid groups (broad SMARTS) is 1. The predicted molar refractivity (Wildman–Crippen MR) is 90.5 cm³/mol. The smallest absolute Gasteiger partial charge is 0.326 e. The average molecular weight is 329 g/mol. The minimum atomic E-state index is -1.05. The second kappa shape index (κ2) is 7.73. The number of amides is 1. The van der Waals surface area contributed by atoms with Crippen LogP contribution in [0.2, 0.25) is 0 Å². The highest BCUT2D eigenvalue weighted by Gasteiger charge is 2.30. The summed E-state index contributed by atoms with van der Waals surface area (Å²) in [6, 6.07) is 11.9. The van der Waals surface area contributed by atoms with Gasteiger partial charge in [-0.25, -0.2) is 9.18 Å². The number of para-hydroxylation sites is 1. The van der Waals surface area contributed by atoms with Crippen LogP contribution >= 0.6 is 0 Å². The van der Waals surface area contributed by atoms with Crippen LogP contribution in [0.4, 0.5) is 10.1 Å². The molecule has 1 atom stereocenters. The molecule has 0 fully saturated rings. The van der Waals surface area contributed by atoms with Crippen LogP contribution < -0.4 is 4.90 Å². The van der Waals surface area contributed by atoms with Crippen molar-refractivity contribution in [3.63, 3.8) is 0 Å². The molecule has 0 saturated carbocycles. The van der Waals surface area contributed by atoms with Crippen molar-refractivity contribution in [2.45, 2.75) is 32.7 Å². The van der Waals surface area contributed by atoms with E-state index in [4.69, 9.17) is 0 Å². The van der Waals surface area contributed by atoms with Gasteiger partial charge in [0, 0.05) is 5.69 Å². The lowest BCUT2D eigenvalue weighted by atomic mass is 10.1. The zero-order valence-electron chi connectivity index (χ0n) is 13.7. The minimum absolute atomic E-state index is 0.0123. The van der Waals surface area contributed by atoms with Gasteiger partial charge in [0.2, 0.25) is 5.91 Å². The Morgan fingerprint density at radius 1 is 1.12 bits per heavy atom. The number of rotatable bonds is 6. The molecule has 0 radical (unpaired) electrons. The van der Waals surface area contributed by atoms with Crippen molar-refractivity contribution in [3.05, 3.63) is 65.5 Å². The molecule has 0 aliphatic rings. The van der Waals surface area contributed by atoms with Crippen molar-refractivity contribution in [1.82, 2.24) is 0 Å². The molecule has 2 rings (SSSR count). The summed E-state index contributed by atoms with van der Waals surface area (Å²) < 4.78 is 13.0. The molecule has 1 unspecified atom stereocenters. The number of carbonyl (C=O) groups excluding carboxylic acids is 1. The van der Waals surface area contributed by atoms with E-state index in [9.17, 15) is 19.1 Å². The van der Waals surface area contributed by atoms with E-state index in [1.54, 1.807) is 19.1 Å². The van der Waals surface area contributed by atoms with Crippen molar-refractivity contribution in [1.29, 1.82) is 0 Å². The molecule has 0 aromatic heterocycles. The van der Waals surface area contributed by atoms with Crippen LogP contribution in [0.15, 0.2) is 48.5 Å². The third kappa shape index (κ3) is 3.98. The van der Waals surface area contributed by atoms with Crippen LogP contribution in [0.3, 0.4) is 0 Å². The maximum Gasteiger partial charge on any atom is 0.326 e. The van der Waals surface area contributed by atoms with E-state index in [1.807, 2.05) is 19.1 Å². The van der Waals surface area contributed by atoms with E-state index in [0.717, 1.165) is 5.56 Å². The number of nitrogens with zero attached hydrogens (tertiary/aromatic N) is 1. The van der Waals surface area contributed by atoms with Gasteiger partial charge in [0.15, 0.2) is 0 Å². The quantitative estimate of drug-likeness (QED) is 0.881. The van der Waals surface area contributed by atoms with Gasteiger partial charge in [-0.15, -0.1) is 0 Å². The van der Waals surface area contributed by atoms with Crippen molar-refractivity contribution in [2.24, 2.45) is 0 Å². The maximum atomic E-state index is 13.0. The first-order chi connectivity index (χ1) is 11.4. The summed E-state index contributed by atoms with van der Waals surface area (Å²) in [5.74, 6) is -1.75. The molecule has 2 aromatic carbocycles. The van der Waals surface area contributed by atoms with Gasteiger partial charge >= 0.3 is 5.97 Å². The minimum Gasteiger partial charge on any atom is -0.480 e. The van der Waals surface area contributed by atoms with Crippen LogP contribution in [0.5, 0.6) is 0 Å². The number of carboxylic acids is 1. The Morgan fingerprint density at radius 2 is 1.75 bits per heavy atom. The summed E-state index contributed by atoms with van der Waals surface area (Å²) in [4.78, 5) is 25.8. The largest absolute Gasteiger partial charge is 0.480 e. The summed E-state index contributed by atoms with van der Waals surface area (Å²) in [6.45, 7) is 3.57. The summed E-state index contributed by atoms with van der Waals surface area (Å²) >= 11 is 0. The number of anilines is 1. The summed E-state index contributed by atoms with van der Waals surface area (Å²) in [5, 5.41) is 9.50. The topological polar surface area (TPSA) is 57.6 Å². The number of aliphatic carboxylic acids is 1. The number of hydrogen-bond donors (Lipinski definition) is 1. The lowest BCUT2D eigenvalue weighted by Gasteiger charge is -2.30. The SMILES string of the molecule is CCC(C(=O)O)N(C(=O)Cc1ccc(F)cc1)c1ccccc1C. The first kappa shape index (κ1) is 17.7. The first-order valence-corrected chi connectivity index (χ1v) is 7.79. The van der Waals surface area contributed by atoms with Crippen molar-refractivity contribution >= 4 is 17.6 Å². The van der Waals surface area contributed by atoms with Crippen LogP contribution in [-0.2, 0) is 16.0 Å². The predicted octanol–water partition coefficient (Wildman–Crippen LogP) is 3.57. The third-order valence-corrected chi connectivity index (χ3v) is 3.90. The Balaban J connectivity index is 2.38. The molecule has 0 heterocycles. The summed E-state index contributed by atoms with van der Waals surface area (Å²) in [6.07, 6.45) is 0.303. The number of aryl methyl sites for hydroxylation is 1. The molecule has 1 N–H and O–H groups in total. The highest BCUT2D eigenvalue weighted by molar-refractivity contribution is 6.00. The van der Waals surface area contributed by atoms with Gasteiger partial charge in [0.1, 0.15) is 11.9 Å². The molecule has 0 saturated heterocycles. The molecular weight excluding hydrogens is 309 g/mol. The van der Waals surface area contributed by atoms with Gasteiger partial charge in [0.25, 0.3) is 0 Å². The molecule has 0 aliphatic heterocycles. The number of carbonyl (C=O) groups is 2. The van der Waals surface area contributed by atoms with Crippen molar-refractivity contribution in [3.8, 4) is 0 Å². The normalized spacial score (nSPS) is 11.8. The Morgan fingerprint density at radius 3 is 2.29 bits per heavy atom. The van der Waals surface area contributed by atoms with Crippen LogP contribution in [-0.4, -0.2) is 23.0 Å². The van der Waals surface area contributed by atoms with E-state index in [2.05, 4.69) is 0 Å². The fourth-order valence-corrected chi connectivity index (χ4v) is 2.64. The summed E-state index contributed by atoms with van der Waals surface area (Å²) in [5.41, 5.74) is 2.05. The molecule has 0 aliphatic carbocycles. The van der Waals surface area contributed by atoms with Crippen molar-refractivity contribution in [2.75, 3.05) is 4.90 Å². The molecule has 1 amide bonds. The fourth-order valence-electron chi connectivity index (χ4n) is 2.64. The van der Waals surface area contributed by atoms with E-state index >= 15 is 0 Å². The fraction of sp³-hybridized carbons (Fsp3) is 0.263. The number of halogens is 1. The highest BCUT2D eigenvalue weighted by atomic mass is 19.1. The van der Waals surface area contributed by atoms with Crippen LogP contribution in [0, 0.1) is 12.7 Å². The monoisotopic (exact) mass is 329 g/mol. The van der Waals surface area contributed by atoms with Crippen molar-refractivity contribution < 1.29 is 19.1 Å². The van der Waals surface area contributed by atoms with Crippen LogP contribution in [0.1, 0.15) is 24.5 Å². The molecule has 2 aromatic rings. The molecule has 5 heteroatoms. The average Bonchev–Trinajstić information content (AvgIpc) is 2.55. The number of benzene rings is 2. The third-order valence-electron chi connectivity index (χ3n) is 3.90. The molecule has 0 spiro atoms.